The Bertz CT molecular complexity index is 296. The monoisotopic (exact) mass is 253 g/mol. The number of hydrogen-bond acceptors (Lipinski definition) is 1. The third-order valence-corrected chi connectivity index (χ3v) is 2.96. The van der Waals surface area contributed by atoms with Crippen molar-refractivity contribution in [3.63, 3.8) is 0 Å². The van der Waals surface area contributed by atoms with Gasteiger partial charge < -0.3 is 5.73 Å². The van der Waals surface area contributed by atoms with Crippen LogP contribution in [0.4, 0.5) is 0 Å². The average molecular weight is 254 g/mol. The van der Waals surface area contributed by atoms with Crippen molar-refractivity contribution in [1.29, 1.82) is 0 Å². The summed E-state index contributed by atoms with van der Waals surface area (Å²) in [6.07, 6.45) is 4.84. The first-order valence-electron chi connectivity index (χ1n) is 4.84. The summed E-state index contributed by atoms with van der Waals surface area (Å²) in [5.74, 6) is 0. The molecule has 0 heterocycles. The maximum Gasteiger partial charge on any atom is 0.0207 e. The normalized spacial score (nSPS) is 12.4. The smallest absolute Gasteiger partial charge is 0.0207 e. The van der Waals surface area contributed by atoms with Gasteiger partial charge in [-0.1, -0.05) is 40.2 Å². The minimum atomic E-state index is 0.228. The van der Waals surface area contributed by atoms with Gasteiger partial charge in [-0.3, -0.25) is 0 Å². The highest BCUT2D eigenvalue weighted by atomic mass is 79.9. The quantitative estimate of drug-likeness (QED) is 0.802. The van der Waals surface area contributed by atoms with E-state index in [9.17, 15) is 0 Å². The van der Waals surface area contributed by atoms with E-state index < -0.39 is 0 Å². The summed E-state index contributed by atoms with van der Waals surface area (Å²) < 4.78 is 1.15. The van der Waals surface area contributed by atoms with Crippen LogP contribution in [0.15, 0.2) is 41.4 Å². The van der Waals surface area contributed by atoms with Crippen molar-refractivity contribution in [3.05, 3.63) is 47.0 Å². The van der Waals surface area contributed by atoms with Crippen LogP contribution in [0.3, 0.4) is 0 Å². The predicted octanol–water partition coefficient (Wildman–Crippen LogP) is 3.29. The van der Waals surface area contributed by atoms with E-state index in [0.29, 0.717) is 0 Å². The number of halogens is 1. The molecule has 0 aliphatic rings. The largest absolute Gasteiger partial charge is 0.327 e. The molecule has 0 bridgehead atoms. The number of benzene rings is 1. The van der Waals surface area contributed by atoms with Crippen LogP contribution in [0.1, 0.15) is 18.4 Å². The second-order valence-corrected chi connectivity index (χ2v) is 4.28. The van der Waals surface area contributed by atoms with Gasteiger partial charge in [0.05, 0.1) is 0 Å². The van der Waals surface area contributed by atoms with E-state index in [4.69, 9.17) is 5.73 Å². The molecule has 1 atom stereocenters. The molecule has 1 unspecified atom stereocenters. The molecule has 0 amide bonds. The van der Waals surface area contributed by atoms with Crippen molar-refractivity contribution in [2.24, 2.45) is 5.73 Å². The molecule has 1 nitrogen and oxygen atoms in total. The van der Waals surface area contributed by atoms with E-state index in [0.717, 1.165) is 23.7 Å². The molecule has 1 aromatic rings. The Balaban J connectivity index is 2.51. The summed E-state index contributed by atoms with van der Waals surface area (Å²) in [6, 6.07) is 8.45. The van der Waals surface area contributed by atoms with Gasteiger partial charge in [-0.25, -0.2) is 0 Å². The first kappa shape index (κ1) is 11.5. The van der Waals surface area contributed by atoms with Gasteiger partial charge in [-0.05, 0) is 30.9 Å². The van der Waals surface area contributed by atoms with E-state index in [1.807, 2.05) is 18.2 Å². The van der Waals surface area contributed by atoms with Crippen LogP contribution in [0.25, 0.3) is 0 Å². The minimum Gasteiger partial charge on any atom is -0.327 e. The van der Waals surface area contributed by atoms with Crippen LogP contribution in [0.2, 0.25) is 0 Å². The molecule has 76 valence electrons. The van der Waals surface area contributed by atoms with Crippen molar-refractivity contribution in [2.45, 2.75) is 25.3 Å². The first-order chi connectivity index (χ1) is 6.74. The van der Waals surface area contributed by atoms with Crippen molar-refractivity contribution < 1.29 is 0 Å². The molecule has 0 fully saturated rings. The van der Waals surface area contributed by atoms with Crippen molar-refractivity contribution in [3.8, 4) is 0 Å². The Morgan fingerprint density at radius 3 is 2.79 bits per heavy atom. The fourth-order valence-electron chi connectivity index (χ4n) is 1.38. The van der Waals surface area contributed by atoms with Gasteiger partial charge in [0.15, 0.2) is 0 Å². The molecule has 0 spiro atoms. The highest BCUT2D eigenvalue weighted by Crippen LogP contribution is 2.17. The first-order valence-corrected chi connectivity index (χ1v) is 5.63. The van der Waals surface area contributed by atoms with Gasteiger partial charge in [0.1, 0.15) is 0 Å². The summed E-state index contributed by atoms with van der Waals surface area (Å²) in [5, 5.41) is 0. The number of hydrogen-bond donors (Lipinski definition) is 1. The van der Waals surface area contributed by atoms with Crippen LogP contribution in [-0.4, -0.2) is 6.04 Å². The van der Waals surface area contributed by atoms with Crippen molar-refractivity contribution >= 4 is 15.9 Å². The van der Waals surface area contributed by atoms with E-state index in [2.05, 4.69) is 34.6 Å². The molecule has 0 aliphatic carbocycles. The number of nitrogens with two attached hydrogens (primary N) is 1. The molecule has 0 saturated heterocycles. The third kappa shape index (κ3) is 3.64. The standard InChI is InChI=1S/C12H16BrN/c1-2-3-7-11(14)9-10-6-4-5-8-12(10)13/h2,4-6,8,11H,1,3,7,9,14H2. The van der Waals surface area contributed by atoms with E-state index >= 15 is 0 Å². The van der Waals surface area contributed by atoms with E-state index in [1.165, 1.54) is 5.56 Å². The zero-order chi connectivity index (χ0) is 10.4. The Morgan fingerprint density at radius 1 is 1.43 bits per heavy atom. The topological polar surface area (TPSA) is 26.0 Å². The maximum absolute atomic E-state index is 5.99. The molecule has 0 radical (unpaired) electrons. The van der Waals surface area contributed by atoms with Crippen LogP contribution in [0, 0.1) is 0 Å². The number of allylic oxidation sites excluding steroid dienone is 1. The summed E-state index contributed by atoms with van der Waals surface area (Å²) in [7, 11) is 0. The van der Waals surface area contributed by atoms with Gasteiger partial charge in [-0.15, -0.1) is 6.58 Å². The molecule has 1 aromatic carbocycles. The van der Waals surface area contributed by atoms with Crippen LogP contribution in [0.5, 0.6) is 0 Å². The summed E-state index contributed by atoms with van der Waals surface area (Å²) in [4.78, 5) is 0. The minimum absolute atomic E-state index is 0.228. The highest BCUT2D eigenvalue weighted by Gasteiger charge is 2.05. The van der Waals surface area contributed by atoms with Gasteiger partial charge in [0, 0.05) is 10.5 Å². The summed E-state index contributed by atoms with van der Waals surface area (Å²) in [6.45, 7) is 3.69. The lowest BCUT2D eigenvalue weighted by Crippen LogP contribution is -2.22. The van der Waals surface area contributed by atoms with Crippen LogP contribution in [-0.2, 0) is 6.42 Å². The molecule has 0 saturated carbocycles. The molecule has 2 heteroatoms. The lowest BCUT2D eigenvalue weighted by Gasteiger charge is -2.11. The maximum atomic E-state index is 5.99. The Morgan fingerprint density at radius 2 is 2.14 bits per heavy atom. The van der Waals surface area contributed by atoms with E-state index in [-0.39, 0.29) is 6.04 Å². The third-order valence-electron chi connectivity index (χ3n) is 2.18. The van der Waals surface area contributed by atoms with Crippen molar-refractivity contribution in [2.75, 3.05) is 0 Å². The van der Waals surface area contributed by atoms with Gasteiger partial charge in [0.25, 0.3) is 0 Å². The second kappa shape index (κ2) is 5.99. The zero-order valence-corrected chi connectivity index (χ0v) is 9.83. The van der Waals surface area contributed by atoms with Crippen molar-refractivity contribution in [1.82, 2.24) is 0 Å². The average Bonchev–Trinajstić information content (AvgIpc) is 2.18. The Kier molecular flexibility index (Phi) is 4.91. The molecule has 0 aromatic heterocycles. The van der Waals surface area contributed by atoms with Gasteiger partial charge in [-0.2, -0.15) is 0 Å². The molecule has 1 rings (SSSR count). The molecule has 0 aliphatic heterocycles. The van der Waals surface area contributed by atoms with E-state index in [1.54, 1.807) is 0 Å². The SMILES string of the molecule is C=CCCC(N)Cc1ccccc1Br. The summed E-state index contributed by atoms with van der Waals surface area (Å²) in [5.41, 5.74) is 7.27. The van der Waals surface area contributed by atoms with Gasteiger partial charge in [0.2, 0.25) is 0 Å². The van der Waals surface area contributed by atoms with Gasteiger partial charge >= 0.3 is 0 Å². The molecule has 2 N–H and O–H groups in total. The fourth-order valence-corrected chi connectivity index (χ4v) is 1.83. The number of rotatable bonds is 5. The predicted molar refractivity (Wildman–Crippen MR) is 65.3 cm³/mol. The Hall–Kier alpha value is -0.600. The lowest BCUT2D eigenvalue weighted by molar-refractivity contribution is 0.617. The molecular weight excluding hydrogens is 238 g/mol. The fraction of sp³-hybridized carbons (Fsp3) is 0.333. The highest BCUT2D eigenvalue weighted by molar-refractivity contribution is 9.10. The van der Waals surface area contributed by atoms with Crippen LogP contribution >= 0.6 is 15.9 Å². The summed E-state index contributed by atoms with van der Waals surface area (Å²) >= 11 is 3.52. The molecular formula is C12H16BrN. The lowest BCUT2D eigenvalue weighted by atomic mass is 10.0. The second-order valence-electron chi connectivity index (χ2n) is 3.42. The zero-order valence-electron chi connectivity index (χ0n) is 8.25. The van der Waals surface area contributed by atoms with Crippen LogP contribution < -0.4 is 5.73 Å². The Labute approximate surface area is 94.1 Å². The molecule has 14 heavy (non-hydrogen) atoms.